The second kappa shape index (κ2) is 3.97. The first-order valence-electron chi connectivity index (χ1n) is 3.73. The number of methoxy groups -OCH3 is 1. The summed E-state index contributed by atoms with van der Waals surface area (Å²) < 4.78 is 4.61. The summed E-state index contributed by atoms with van der Waals surface area (Å²) in [5, 5.41) is 3.61. The SMILES string of the molecule is CC[C@H]1N[C@@H](C(=O)OC)CS1. The zero-order valence-corrected chi connectivity index (χ0v) is 7.61. The fraction of sp³-hybridized carbons (Fsp3) is 0.857. The number of esters is 1. The van der Waals surface area contributed by atoms with Crippen LogP contribution in [0.2, 0.25) is 0 Å². The maximum absolute atomic E-state index is 11.0. The molecule has 0 spiro atoms. The highest BCUT2D eigenvalue weighted by Crippen LogP contribution is 2.21. The molecule has 1 heterocycles. The first-order chi connectivity index (χ1) is 5.27. The molecule has 1 saturated heterocycles. The van der Waals surface area contributed by atoms with Gasteiger partial charge in [0.2, 0.25) is 0 Å². The highest BCUT2D eigenvalue weighted by atomic mass is 32.2. The van der Waals surface area contributed by atoms with Gasteiger partial charge in [0.25, 0.3) is 0 Å². The molecule has 0 aromatic rings. The largest absolute Gasteiger partial charge is 0.468 e. The fourth-order valence-corrected chi connectivity index (χ4v) is 2.20. The van der Waals surface area contributed by atoms with Crippen molar-refractivity contribution >= 4 is 17.7 Å². The lowest BCUT2D eigenvalue weighted by Gasteiger charge is -2.08. The normalized spacial score (nSPS) is 30.4. The van der Waals surface area contributed by atoms with E-state index >= 15 is 0 Å². The van der Waals surface area contributed by atoms with Crippen molar-refractivity contribution in [2.45, 2.75) is 24.8 Å². The van der Waals surface area contributed by atoms with Crippen LogP contribution in [0.5, 0.6) is 0 Å². The van der Waals surface area contributed by atoms with E-state index in [2.05, 4.69) is 17.0 Å². The highest BCUT2D eigenvalue weighted by molar-refractivity contribution is 8.00. The van der Waals surface area contributed by atoms with Crippen molar-refractivity contribution < 1.29 is 9.53 Å². The Balaban J connectivity index is 2.35. The van der Waals surface area contributed by atoms with E-state index in [-0.39, 0.29) is 12.0 Å². The van der Waals surface area contributed by atoms with E-state index in [1.807, 2.05) is 0 Å². The van der Waals surface area contributed by atoms with Crippen molar-refractivity contribution in [1.29, 1.82) is 0 Å². The molecule has 0 aliphatic carbocycles. The average Bonchev–Trinajstić information content (AvgIpc) is 2.50. The summed E-state index contributed by atoms with van der Waals surface area (Å²) in [6.45, 7) is 2.10. The van der Waals surface area contributed by atoms with Crippen LogP contribution in [0.15, 0.2) is 0 Å². The summed E-state index contributed by atoms with van der Waals surface area (Å²) in [7, 11) is 1.42. The molecule has 0 aromatic heterocycles. The Bertz CT molecular complexity index is 151. The van der Waals surface area contributed by atoms with Crippen LogP contribution in [0.4, 0.5) is 0 Å². The van der Waals surface area contributed by atoms with Crippen molar-refractivity contribution in [2.24, 2.45) is 0 Å². The number of hydrogen-bond donors (Lipinski definition) is 1. The van der Waals surface area contributed by atoms with Crippen molar-refractivity contribution in [2.75, 3.05) is 12.9 Å². The fourth-order valence-electron chi connectivity index (χ4n) is 1.05. The Hall–Kier alpha value is -0.220. The predicted molar refractivity (Wildman–Crippen MR) is 45.5 cm³/mol. The quantitative estimate of drug-likeness (QED) is 0.624. The second-order valence-corrected chi connectivity index (χ2v) is 3.71. The molecule has 1 rings (SSSR count). The van der Waals surface area contributed by atoms with E-state index in [0.29, 0.717) is 5.37 Å². The number of carbonyl (C=O) groups excluding carboxylic acids is 1. The van der Waals surface area contributed by atoms with Crippen molar-refractivity contribution in [3.05, 3.63) is 0 Å². The molecule has 1 N–H and O–H groups in total. The van der Waals surface area contributed by atoms with Crippen LogP contribution in [0.1, 0.15) is 13.3 Å². The number of ether oxygens (including phenoxy) is 1. The monoisotopic (exact) mass is 175 g/mol. The Labute approximate surface area is 70.9 Å². The van der Waals surface area contributed by atoms with Gasteiger partial charge in [0.05, 0.1) is 12.5 Å². The number of nitrogens with one attached hydrogen (secondary N) is 1. The van der Waals surface area contributed by atoms with Crippen LogP contribution in [0, 0.1) is 0 Å². The molecule has 11 heavy (non-hydrogen) atoms. The summed E-state index contributed by atoms with van der Waals surface area (Å²) in [6.07, 6.45) is 1.05. The van der Waals surface area contributed by atoms with Gasteiger partial charge in [0.15, 0.2) is 0 Å². The molecule has 0 saturated carbocycles. The lowest BCUT2D eigenvalue weighted by molar-refractivity contribution is -0.142. The predicted octanol–water partition coefficient (Wildman–Crippen LogP) is 0.600. The number of hydrogen-bond acceptors (Lipinski definition) is 4. The van der Waals surface area contributed by atoms with E-state index in [1.54, 1.807) is 11.8 Å². The molecule has 2 atom stereocenters. The first-order valence-corrected chi connectivity index (χ1v) is 4.78. The number of rotatable bonds is 2. The molecule has 1 fully saturated rings. The average molecular weight is 175 g/mol. The van der Waals surface area contributed by atoms with E-state index in [4.69, 9.17) is 0 Å². The Morgan fingerprint density at radius 3 is 3.00 bits per heavy atom. The van der Waals surface area contributed by atoms with Crippen molar-refractivity contribution in [3.63, 3.8) is 0 Å². The van der Waals surface area contributed by atoms with Gasteiger partial charge in [-0.2, -0.15) is 0 Å². The van der Waals surface area contributed by atoms with Crippen molar-refractivity contribution in [1.82, 2.24) is 5.32 Å². The third kappa shape index (κ3) is 2.10. The van der Waals surface area contributed by atoms with Gasteiger partial charge in [-0.05, 0) is 6.42 Å². The Kier molecular flexibility index (Phi) is 3.20. The van der Waals surface area contributed by atoms with Crippen LogP contribution in [-0.2, 0) is 9.53 Å². The summed E-state index contributed by atoms with van der Waals surface area (Å²) in [5.41, 5.74) is 0. The van der Waals surface area contributed by atoms with Gasteiger partial charge in [-0.15, -0.1) is 11.8 Å². The summed E-state index contributed by atoms with van der Waals surface area (Å²) in [5.74, 6) is 0.694. The van der Waals surface area contributed by atoms with Gasteiger partial charge >= 0.3 is 5.97 Å². The molecule has 0 bridgehead atoms. The number of carbonyl (C=O) groups is 1. The van der Waals surface area contributed by atoms with Gasteiger partial charge in [0.1, 0.15) is 6.04 Å². The molecule has 3 nitrogen and oxygen atoms in total. The van der Waals surface area contributed by atoms with Crippen LogP contribution in [0.3, 0.4) is 0 Å². The summed E-state index contributed by atoms with van der Waals surface area (Å²) >= 11 is 1.78. The van der Waals surface area contributed by atoms with Crippen LogP contribution in [0.25, 0.3) is 0 Å². The second-order valence-electron chi connectivity index (χ2n) is 2.47. The minimum Gasteiger partial charge on any atom is -0.468 e. The summed E-state index contributed by atoms with van der Waals surface area (Å²) in [6, 6.07) is -0.0880. The molecule has 0 amide bonds. The van der Waals surface area contributed by atoms with E-state index in [1.165, 1.54) is 7.11 Å². The molecule has 0 radical (unpaired) electrons. The van der Waals surface area contributed by atoms with Gasteiger partial charge in [-0.25, -0.2) is 0 Å². The van der Waals surface area contributed by atoms with Crippen LogP contribution < -0.4 is 5.32 Å². The molecule has 4 heteroatoms. The van der Waals surface area contributed by atoms with Gasteiger partial charge in [-0.3, -0.25) is 10.1 Å². The maximum Gasteiger partial charge on any atom is 0.323 e. The molecule has 0 aromatic carbocycles. The summed E-state index contributed by atoms with van der Waals surface area (Å²) in [4.78, 5) is 11.0. The minimum absolute atomic E-state index is 0.0880. The van der Waals surface area contributed by atoms with Crippen LogP contribution >= 0.6 is 11.8 Å². The Morgan fingerprint density at radius 2 is 2.55 bits per heavy atom. The molecule has 1 aliphatic heterocycles. The first kappa shape index (κ1) is 8.87. The topological polar surface area (TPSA) is 38.3 Å². The van der Waals surface area contributed by atoms with E-state index in [9.17, 15) is 4.79 Å². The van der Waals surface area contributed by atoms with E-state index in [0.717, 1.165) is 12.2 Å². The van der Waals surface area contributed by atoms with Gasteiger partial charge in [0, 0.05) is 5.75 Å². The van der Waals surface area contributed by atoms with E-state index < -0.39 is 0 Å². The lowest BCUT2D eigenvalue weighted by atomic mass is 10.3. The molecule has 1 aliphatic rings. The molecular weight excluding hydrogens is 162 g/mol. The van der Waals surface area contributed by atoms with Crippen LogP contribution in [-0.4, -0.2) is 30.2 Å². The molecule has 64 valence electrons. The zero-order chi connectivity index (χ0) is 8.27. The number of thioether (sulfide) groups is 1. The Morgan fingerprint density at radius 1 is 1.82 bits per heavy atom. The third-order valence-corrected chi connectivity index (χ3v) is 3.11. The maximum atomic E-state index is 11.0. The minimum atomic E-state index is -0.145. The zero-order valence-electron chi connectivity index (χ0n) is 6.79. The van der Waals surface area contributed by atoms with Crippen molar-refractivity contribution in [3.8, 4) is 0 Å². The highest BCUT2D eigenvalue weighted by Gasteiger charge is 2.28. The third-order valence-electron chi connectivity index (χ3n) is 1.71. The lowest BCUT2D eigenvalue weighted by Crippen LogP contribution is -2.37. The van der Waals surface area contributed by atoms with Gasteiger partial charge < -0.3 is 4.74 Å². The molecule has 0 unspecified atom stereocenters. The smallest absolute Gasteiger partial charge is 0.323 e. The molecular formula is C7H13NO2S. The standard InChI is InChI=1S/C7H13NO2S/c1-3-6-8-5(4-11-6)7(9)10-2/h5-6,8H,3-4H2,1-2H3/t5-,6+/m1/s1. The van der Waals surface area contributed by atoms with Gasteiger partial charge in [-0.1, -0.05) is 6.92 Å².